The summed E-state index contributed by atoms with van der Waals surface area (Å²) in [5.74, 6) is -0.427. The summed E-state index contributed by atoms with van der Waals surface area (Å²) in [5, 5.41) is 13.0. The molecule has 6 nitrogen and oxygen atoms in total. The van der Waals surface area contributed by atoms with Crippen molar-refractivity contribution in [2.75, 3.05) is 26.7 Å². The molecule has 0 saturated carbocycles. The van der Waals surface area contributed by atoms with Crippen molar-refractivity contribution in [1.29, 1.82) is 0 Å². The zero-order valence-electron chi connectivity index (χ0n) is 18.3. The van der Waals surface area contributed by atoms with Crippen molar-refractivity contribution < 1.29 is 14.6 Å². The Morgan fingerprint density at radius 1 is 1.40 bits per heavy atom. The first-order valence-electron chi connectivity index (χ1n) is 10.7. The lowest BCUT2D eigenvalue weighted by Gasteiger charge is -2.42. The van der Waals surface area contributed by atoms with Gasteiger partial charge in [-0.05, 0) is 51.6 Å². The van der Waals surface area contributed by atoms with Gasteiger partial charge < -0.3 is 19.3 Å². The van der Waals surface area contributed by atoms with E-state index in [0.717, 1.165) is 25.0 Å². The number of likely N-dealkylation sites (N-methyl/N-ethyl adjacent to an activating group) is 1. The third-order valence-corrected chi connectivity index (χ3v) is 6.58. The van der Waals surface area contributed by atoms with Crippen molar-refractivity contribution in [3.63, 3.8) is 0 Å². The van der Waals surface area contributed by atoms with Crippen molar-refractivity contribution >= 4 is 23.1 Å². The van der Waals surface area contributed by atoms with Gasteiger partial charge in [0.05, 0.1) is 19.7 Å². The maximum Gasteiger partial charge on any atom is 0.320 e. The van der Waals surface area contributed by atoms with Crippen LogP contribution in [0.25, 0.3) is 10.9 Å². The zero-order valence-corrected chi connectivity index (χ0v) is 18.3. The minimum Gasteiger partial charge on any atom is -0.465 e. The predicted molar refractivity (Wildman–Crippen MR) is 119 cm³/mol. The normalized spacial score (nSPS) is 23.4. The molecule has 2 aliphatic heterocycles. The van der Waals surface area contributed by atoms with Crippen LogP contribution in [0.3, 0.4) is 0 Å². The van der Waals surface area contributed by atoms with Crippen LogP contribution < -0.4 is 0 Å². The molecule has 0 spiro atoms. The van der Waals surface area contributed by atoms with Crippen LogP contribution in [0.4, 0.5) is 0 Å². The number of dihydropyridines is 1. The highest BCUT2D eigenvalue weighted by Gasteiger charge is 2.53. The number of carbonyl (C=O) groups excluding carboxylic acids is 1. The maximum absolute atomic E-state index is 13.0. The number of aliphatic hydroxyl groups is 1. The Morgan fingerprint density at radius 2 is 2.20 bits per heavy atom. The van der Waals surface area contributed by atoms with E-state index < -0.39 is 17.0 Å². The Morgan fingerprint density at radius 3 is 2.90 bits per heavy atom. The van der Waals surface area contributed by atoms with Gasteiger partial charge in [0.15, 0.2) is 0 Å². The van der Waals surface area contributed by atoms with E-state index in [1.807, 2.05) is 0 Å². The molecule has 4 rings (SSSR count). The quantitative estimate of drug-likeness (QED) is 0.771. The molecule has 0 bridgehead atoms. The summed E-state index contributed by atoms with van der Waals surface area (Å²) in [6, 6.07) is 6.46. The molecule has 0 fully saturated rings. The molecular formula is C24H31N3O3. The van der Waals surface area contributed by atoms with Gasteiger partial charge in [0.25, 0.3) is 0 Å². The number of carbonyl (C=O) groups is 1. The van der Waals surface area contributed by atoms with Gasteiger partial charge in [-0.3, -0.25) is 9.79 Å². The van der Waals surface area contributed by atoms with Gasteiger partial charge in [-0.25, -0.2) is 0 Å². The standard InChI is InChI=1S/C24H31N3O3/c1-5-30-22(28)24(10-6-11-25-15-24)23(3,29)16-27-20-8-7-17(2)13-18(20)19-14-26(4)12-9-21(19)27/h6-8,10-11,13,29H,5,9,12,14-16H2,1-4H3. The number of nitrogens with zero attached hydrogens (tertiary/aromatic N) is 3. The van der Waals surface area contributed by atoms with E-state index >= 15 is 0 Å². The van der Waals surface area contributed by atoms with E-state index in [0.29, 0.717) is 6.54 Å². The second-order valence-corrected chi connectivity index (χ2v) is 8.83. The van der Waals surface area contributed by atoms with Crippen molar-refractivity contribution in [2.45, 2.75) is 45.9 Å². The summed E-state index contributed by atoms with van der Waals surface area (Å²) in [5.41, 5.74) is 2.30. The number of aryl methyl sites for hydroxylation is 1. The minimum absolute atomic E-state index is 0.179. The number of hydrogen-bond donors (Lipinski definition) is 1. The van der Waals surface area contributed by atoms with Crippen LogP contribution in [0.2, 0.25) is 0 Å². The van der Waals surface area contributed by atoms with Gasteiger partial charge in [0.2, 0.25) is 0 Å². The monoisotopic (exact) mass is 409 g/mol. The van der Waals surface area contributed by atoms with Crippen LogP contribution in [0.15, 0.2) is 35.3 Å². The first kappa shape index (κ1) is 20.8. The molecule has 3 heterocycles. The molecule has 0 amide bonds. The fraction of sp³-hybridized carbons (Fsp3) is 0.500. The molecule has 1 aromatic heterocycles. The fourth-order valence-electron chi connectivity index (χ4n) is 4.81. The third kappa shape index (κ3) is 3.28. The molecule has 0 aliphatic carbocycles. The highest BCUT2D eigenvalue weighted by Crippen LogP contribution is 2.40. The van der Waals surface area contributed by atoms with Crippen LogP contribution in [-0.2, 0) is 29.0 Å². The number of ether oxygens (including phenoxy) is 1. The molecule has 2 aliphatic rings. The van der Waals surface area contributed by atoms with Crippen LogP contribution >= 0.6 is 0 Å². The zero-order chi connectivity index (χ0) is 21.5. The molecule has 6 heteroatoms. The summed E-state index contributed by atoms with van der Waals surface area (Å²) in [4.78, 5) is 19.6. The third-order valence-electron chi connectivity index (χ3n) is 6.58. The van der Waals surface area contributed by atoms with Crippen molar-refractivity contribution in [1.82, 2.24) is 9.47 Å². The van der Waals surface area contributed by atoms with Gasteiger partial charge in [-0.2, -0.15) is 0 Å². The topological polar surface area (TPSA) is 67.1 Å². The van der Waals surface area contributed by atoms with Crippen LogP contribution in [0.1, 0.15) is 30.7 Å². The van der Waals surface area contributed by atoms with Gasteiger partial charge >= 0.3 is 5.97 Å². The van der Waals surface area contributed by atoms with Crippen LogP contribution in [0, 0.1) is 12.3 Å². The predicted octanol–water partition coefficient (Wildman–Crippen LogP) is 2.88. The number of aromatic nitrogens is 1. The number of fused-ring (bicyclic) bond motifs is 3. The number of allylic oxidation sites excluding steroid dienone is 1. The van der Waals surface area contributed by atoms with E-state index in [9.17, 15) is 9.90 Å². The smallest absolute Gasteiger partial charge is 0.320 e. The second kappa shape index (κ2) is 7.67. The van der Waals surface area contributed by atoms with Gasteiger partial charge in [0, 0.05) is 42.3 Å². The Kier molecular flexibility index (Phi) is 5.32. The van der Waals surface area contributed by atoms with E-state index in [1.54, 1.807) is 32.2 Å². The summed E-state index contributed by atoms with van der Waals surface area (Å²) in [6.45, 7) is 8.22. The number of aliphatic imine (C=N–C) groups is 1. The molecule has 2 atom stereocenters. The van der Waals surface area contributed by atoms with Crippen LogP contribution in [-0.4, -0.2) is 59.1 Å². The van der Waals surface area contributed by atoms with E-state index in [2.05, 4.69) is 46.6 Å². The van der Waals surface area contributed by atoms with E-state index in [1.165, 1.54) is 22.2 Å². The Labute approximate surface area is 177 Å². The van der Waals surface area contributed by atoms with E-state index in [-0.39, 0.29) is 13.2 Å². The summed E-state index contributed by atoms with van der Waals surface area (Å²) < 4.78 is 7.59. The SMILES string of the molecule is CCOC(=O)C1(C(C)(O)Cn2c3c(c4cc(C)ccc42)CN(C)CC3)C=CC=NC1. The second-order valence-electron chi connectivity index (χ2n) is 8.83. The van der Waals surface area contributed by atoms with Gasteiger partial charge in [-0.15, -0.1) is 0 Å². The first-order valence-corrected chi connectivity index (χ1v) is 10.7. The summed E-state index contributed by atoms with van der Waals surface area (Å²) >= 11 is 0. The first-order chi connectivity index (χ1) is 14.3. The number of esters is 1. The van der Waals surface area contributed by atoms with Crippen LogP contribution in [0.5, 0.6) is 0 Å². The average Bonchev–Trinajstić information content (AvgIpc) is 3.00. The Bertz CT molecular complexity index is 1030. The number of hydrogen-bond acceptors (Lipinski definition) is 5. The maximum atomic E-state index is 13.0. The van der Waals surface area contributed by atoms with Gasteiger partial charge in [0.1, 0.15) is 11.0 Å². The number of benzene rings is 1. The highest BCUT2D eigenvalue weighted by atomic mass is 16.5. The minimum atomic E-state index is -1.37. The van der Waals surface area contributed by atoms with Crippen molar-refractivity contribution in [2.24, 2.45) is 10.4 Å². The molecule has 2 unspecified atom stereocenters. The largest absolute Gasteiger partial charge is 0.465 e. The Balaban J connectivity index is 1.82. The lowest BCUT2D eigenvalue weighted by molar-refractivity contribution is -0.167. The van der Waals surface area contributed by atoms with Crippen molar-refractivity contribution in [3.05, 3.63) is 47.2 Å². The van der Waals surface area contributed by atoms with Gasteiger partial charge in [-0.1, -0.05) is 17.7 Å². The molecule has 0 saturated heterocycles. The molecule has 30 heavy (non-hydrogen) atoms. The lowest BCUT2D eigenvalue weighted by atomic mass is 9.71. The molecule has 2 aromatic rings. The summed E-state index contributed by atoms with van der Waals surface area (Å²) in [7, 11) is 2.14. The summed E-state index contributed by atoms with van der Waals surface area (Å²) in [6.07, 6.45) is 6.07. The molecule has 160 valence electrons. The molecule has 1 aromatic carbocycles. The fourth-order valence-corrected chi connectivity index (χ4v) is 4.81. The van der Waals surface area contributed by atoms with Crippen molar-refractivity contribution in [3.8, 4) is 0 Å². The molecule has 1 N–H and O–H groups in total. The highest BCUT2D eigenvalue weighted by molar-refractivity contribution is 5.87. The average molecular weight is 410 g/mol. The lowest BCUT2D eigenvalue weighted by Crippen LogP contribution is -2.56. The molecule has 0 radical (unpaired) electrons. The van der Waals surface area contributed by atoms with E-state index in [4.69, 9.17) is 4.74 Å². The molecular weight excluding hydrogens is 378 g/mol. The number of rotatable bonds is 5. The Hall–Kier alpha value is -2.44.